The molecule has 1 N–H and O–H groups in total. The third-order valence-corrected chi connectivity index (χ3v) is 4.88. The third-order valence-electron chi connectivity index (χ3n) is 4.88. The standard InChI is InChI=1S/C21H22F4N2O/c22-17-6-7-18(19(23)10-17)15-4-1-3-14(9-15)12-27-8-2-5-16(13-27)21(28)26-11-20(24)25/h1,3-4,6-7,9-10,16,20H,2,5,8,11-13H2,(H,26,28). The van der Waals surface area contributed by atoms with E-state index in [1.54, 1.807) is 6.07 Å². The number of carbonyl (C=O) groups excluding carboxylic acids is 1. The number of piperidine rings is 1. The summed E-state index contributed by atoms with van der Waals surface area (Å²) >= 11 is 0. The number of benzene rings is 2. The van der Waals surface area contributed by atoms with Gasteiger partial charge in [0.15, 0.2) is 0 Å². The lowest BCUT2D eigenvalue weighted by Crippen LogP contribution is -2.43. The molecule has 1 heterocycles. The summed E-state index contributed by atoms with van der Waals surface area (Å²) in [5.41, 5.74) is 1.92. The molecule has 28 heavy (non-hydrogen) atoms. The number of carbonyl (C=O) groups is 1. The molecule has 1 saturated heterocycles. The van der Waals surface area contributed by atoms with E-state index < -0.39 is 24.6 Å². The Morgan fingerprint density at radius 1 is 1.18 bits per heavy atom. The van der Waals surface area contributed by atoms with Crippen LogP contribution in [0.4, 0.5) is 17.6 Å². The molecule has 2 aromatic rings. The Morgan fingerprint density at radius 3 is 2.75 bits per heavy atom. The molecule has 1 atom stereocenters. The number of likely N-dealkylation sites (tertiary alicyclic amines) is 1. The molecule has 0 radical (unpaired) electrons. The molecule has 3 rings (SSSR count). The van der Waals surface area contributed by atoms with Crippen molar-refractivity contribution in [3.8, 4) is 11.1 Å². The summed E-state index contributed by atoms with van der Waals surface area (Å²) in [5, 5.41) is 2.29. The third kappa shape index (κ3) is 5.32. The van der Waals surface area contributed by atoms with Crippen molar-refractivity contribution < 1.29 is 22.4 Å². The van der Waals surface area contributed by atoms with Gasteiger partial charge < -0.3 is 5.32 Å². The van der Waals surface area contributed by atoms with Gasteiger partial charge in [0.1, 0.15) is 11.6 Å². The number of halogens is 4. The number of rotatable bonds is 6. The predicted octanol–water partition coefficient (Wildman–Crippen LogP) is 4.23. The van der Waals surface area contributed by atoms with Gasteiger partial charge in [-0.25, -0.2) is 17.6 Å². The zero-order chi connectivity index (χ0) is 20.1. The normalized spacial score (nSPS) is 17.7. The van der Waals surface area contributed by atoms with Gasteiger partial charge in [0, 0.05) is 24.7 Å². The average molecular weight is 394 g/mol. The highest BCUT2D eigenvalue weighted by Crippen LogP contribution is 2.26. The van der Waals surface area contributed by atoms with E-state index in [2.05, 4.69) is 10.2 Å². The lowest BCUT2D eigenvalue weighted by atomic mass is 9.96. The molecular weight excluding hydrogens is 372 g/mol. The SMILES string of the molecule is O=C(NCC(F)F)C1CCCN(Cc2cccc(-c3ccc(F)cc3F)c2)C1. The first-order chi connectivity index (χ1) is 13.4. The van der Waals surface area contributed by atoms with Gasteiger partial charge in [-0.2, -0.15) is 0 Å². The van der Waals surface area contributed by atoms with E-state index in [4.69, 9.17) is 0 Å². The molecule has 3 nitrogen and oxygen atoms in total. The Balaban J connectivity index is 1.66. The first-order valence-corrected chi connectivity index (χ1v) is 9.25. The fraction of sp³-hybridized carbons (Fsp3) is 0.381. The van der Waals surface area contributed by atoms with Gasteiger partial charge in [0.05, 0.1) is 12.5 Å². The Morgan fingerprint density at radius 2 is 2.00 bits per heavy atom. The molecule has 0 aliphatic carbocycles. The van der Waals surface area contributed by atoms with Gasteiger partial charge in [-0.05, 0) is 48.7 Å². The molecule has 0 bridgehead atoms. The predicted molar refractivity (Wildman–Crippen MR) is 98.8 cm³/mol. The average Bonchev–Trinajstić information content (AvgIpc) is 2.66. The summed E-state index contributed by atoms with van der Waals surface area (Å²) in [4.78, 5) is 14.2. The summed E-state index contributed by atoms with van der Waals surface area (Å²) in [5.74, 6) is -1.90. The van der Waals surface area contributed by atoms with Crippen LogP contribution in [0.2, 0.25) is 0 Å². The van der Waals surface area contributed by atoms with Crippen molar-refractivity contribution in [2.24, 2.45) is 5.92 Å². The molecule has 2 aromatic carbocycles. The van der Waals surface area contributed by atoms with E-state index >= 15 is 0 Å². The first kappa shape index (κ1) is 20.3. The van der Waals surface area contributed by atoms with Crippen LogP contribution in [0.25, 0.3) is 11.1 Å². The maximum atomic E-state index is 14.0. The molecule has 150 valence electrons. The quantitative estimate of drug-likeness (QED) is 0.744. The summed E-state index contributed by atoms with van der Waals surface area (Å²) < 4.78 is 51.7. The highest BCUT2D eigenvalue weighted by atomic mass is 19.3. The number of alkyl halides is 2. The van der Waals surface area contributed by atoms with Crippen molar-refractivity contribution in [1.29, 1.82) is 0 Å². The lowest BCUT2D eigenvalue weighted by Gasteiger charge is -2.32. The zero-order valence-electron chi connectivity index (χ0n) is 15.3. The van der Waals surface area contributed by atoms with Crippen molar-refractivity contribution in [3.05, 3.63) is 59.7 Å². The van der Waals surface area contributed by atoms with Crippen LogP contribution >= 0.6 is 0 Å². The second kappa shape index (κ2) is 9.19. The Labute approximate surface area is 161 Å². The molecule has 1 amide bonds. The second-order valence-electron chi connectivity index (χ2n) is 7.04. The summed E-state index contributed by atoms with van der Waals surface area (Å²) in [6, 6.07) is 10.8. The van der Waals surface area contributed by atoms with Crippen LogP contribution in [-0.2, 0) is 11.3 Å². The van der Waals surface area contributed by atoms with E-state index in [9.17, 15) is 22.4 Å². The van der Waals surface area contributed by atoms with Crippen LogP contribution < -0.4 is 5.32 Å². The molecule has 0 saturated carbocycles. The van der Waals surface area contributed by atoms with Gasteiger partial charge in [-0.1, -0.05) is 18.2 Å². The van der Waals surface area contributed by atoms with Crippen molar-refractivity contribution in [1.82, 2.24) is 10.2 Å². The maximum absolute atomic E-state index is 14.0. The second-order valence-corrected chi connectivity index (χ2v) is 7.04. The Hall–Kier alpha value is -2.41. The fourth-order valence-electron chi connectivity index (χ4n) is 3.55. The maximum Gasteiger partial charge on any atom is 0.255 e. The van der Waals surface area contributed by atoms with Crippen molar-refractivity contribution >= 4 is 5.91 Å². The van der Waals surface area contributed by atoms with E-state index in [0.717, 1.165) is 24.6 Å². The Bertz CT molecular complexity index is 828. The van der Waals surface area contributed by atoms with Crippen LogP contribution in [-0.4, -0.2) is 36.9 Å². The zero-order valence-corrected chi connectivity index (χ0v) is 15.3. The molecule has 1 aliphatic heterocycles. The minimum absolute atomic E-state index is 0.315. The number of hydrogen-bond acceptors (Lipinski definition) is 2. The van der Waals surface area contributed by atoms with Crippen molar-refractivity contribution in [2.45, 2.75) is 25.8 Å². The van der Waals surface area contributed by atoms with Crippen LogP contribution in [0.15, 0.2) is 42.5 Å². The van der Waals surface area contributed by atoms with Crippen molar-refractivity contribution in [3.63, 3.8) is 0 Å². The highest BCUT2D eigenvalue weighted by Gasteiger charge is 2.26. The van der Waals surface area contributed by atoms with E-state index in [1.165, 1.54) is 12.1 Å². The monoisotopic (exact) mass is 394 g/mol. The molecule has 0 spiro atoms. The van der Waals surface area contributed by atoms with Gasteiger partial charge in [-0.15, -0.1) is 0 Å². The number of amides is 1. The van der Waals surface area contributed by atoms with E-state index in [0.29, 0.717) is 30.6 Å². The summed E-state index contributed by atoms with van der Waals surface area (Å²) in [6.45, 7) is 1.23. The van der Waals surface area contributed by atoms with Gasteiger partial charge in [-0.3, -0.25) is 9.69 Å². The smallest absolute Gasteiger partial charge is 0.255 e. The highest BCUT2D eigenvalue weighted by molar-refractivity contribution is 5.79. The first-order valence-electron chi connectivity index (χ1n) is 9.25. The largest absolute Gasteiger partial charge is 0.350 e. The van der Waals surface area contributed by atoms with Crippen LogP contribution in [0.1, 0.15) is 18.4 Å². The van der Waals surface area contributed by atoms with E-state index in [1.807, 2.05) is 18.2 Å². The summed E-state index contributed by atoms with van der Waals surface area (Å²) in [7, 11) is 0. The van der Waals surface area contributed by atoms with Gasteiger partial charge >= 0.3 is 0 Å². The summed E-state index contributed by atoms with van der Waals surface area (Å²) in [6.07, 6.45) is -1.08. The minimum atomic E-state index is -2.56. The number of nitrogens with one attached hydrogen (secondary N) is 1. The molecule has 1 unspecified atom stereocenters. The van der Waals surface area contributed by atoms with Crippen LogP contribution in [0.5, 0.6) is 0 Å². The topological polar surface area (TPSA) is 32.3 Å². The number of hydrogen-bond donors (Lipinski definition) is 1. The van der Waals surface area contributed by atoms with Gasteiger partial charge in [0.2, 0.25) is 5.91 Å². The molecule has 7 heteroatoms. The minimum Gasteiger partial charge on any atom is -0.350 e. The van der Waals surface area contributed by atoms with Crippen LogP contribution in [0.3, 0.4) is 0 Å². The van der Waals surface area contributed by atoms with Gasteiger partial charge in [0.25, 0.3) is 6.43 Å². The molecule has 0 aromatic heterocycles. The Kier molecular flexibility index (Phi) is 6.67. The van der Waals surface area contributed by atoms with Crippen LogP contribution in [0, 0.1) is 17.6 Å². The van der Waals surface area contributed by atoms with E-state index in [-0.39, 0.29) is 11.8 Å². The lowest BCUT2D eigenvalue weighted by molar-refractivity contribution is -0.127. The molecule has 1 fully saturated rings. The number of nitrogens with zero attached hydrogens (tertiary/aromatic N) is 1. The van der Waals surface area contributed by atoms with Crippen molar-refractivity contribution in [2.75, 3.05) is 19.6 Å². The molecule has 1 aliphatic rings. The molecular formula is C21H22F4N2O. The fourth-order valence-corrected chi connectivity index (χ4v) is 3.55.